The van der Waals surface area contributed by atoms with E-state index in [-0.39, 0.29) is 22.6 Å². The molecule has 0 spiro atoms. The van der Waals surface area contributed by atoms with Crippen LogP contribution in [0.2, 0.25) is 0 Å². The molecule has 0 bridgehead atoms. The first-order valence-corrected chi connectivity index (χ1v) is 11.2. The number of hydrogen-bond acceptors (Lipinski definition) is 5. The Balaban J connectivity index is 1.64. The van der Waals surface area contributed by atoms with E-state index in [2.05, 4.69) is 10.3 Å². The number of aromatic amines is 1. The molecule has 1 saturated heterocycles. The van der Waals surface area contributed by atoms with Crippen LogP contribution in [0.4, 0.5) is 0 Å². The maximum absolute atomic E-state index is 13.0. The number of hydrogen-bond donors (Lipinski definition) is 2. The minimum Gasteiger partial charge on any atom is -0.361 e. The molecule has 6 nitrogen and oxygen atoms in total. The van der Waals surface area contributed by atoms with E-state index in [1.807, 2.05) is 60.8 Å². The number of thioether (sulfide) groups is 1. The summed E-state index contributed by atoms with van der Waals surface area (Å²) in [4.78, 5) is 42.5. The van der Waals surface area contributed by atoms with Gasteiger partial charge in [-0.1, -0.05) is 59.5 Å². The number of carbonyl (C=O) groups excluding carboxylic acids is 2. The molecule has 30 heavy (non-hydrogen) atoms. The van der Waals surface area contributed by atoms with Gasteiger partial charge in [0.05, 0.1) is 16.6 Å². The molecule has 2 N–H and O–H groups in total. The van der Waals surface area contributed by atoms with Crippen molar-refractivity contribution >= 4 is 45.8 Å². The quantitative estimate of drug-likeness (QED) is 0.476. The van der Waals surface area contributed by atoms with Crippen LogP contribution in [0.3, 0.4) is 0 Å². The van der Waals surface area contributed by atoms with Crippen LogP contribution in [0, 0.1) is 5.92 Å². The molecule has 8 heteroatoms. The van der Waals surface area contributed by atoms with Crippen LogP contribution in [-0.2, 0) is 9.59 Å². The monoisotopic (exact) mass is 433 g/mol. The predicted molar refractivity (Wildman–Crippen MR) is 116 cm³/mol. The standard InChI is InChI=1S/C22H15N3O3S2/c26-19-16-15(13-10-23-14-9-5-4-8-12(13)14)18-21(29-17(16)20(27)24-19)25(22(28)30-18)11-6-2-1-3-7-11/h1-10,15-17,23H,(H,24,26,27). The second kappa shape index (κ2) is 6.45. The van der Waals surface area contributed by atoms with Crippen molar-refractivity contribution in [3.63, 3.8) is 0 Å². The van der Waals surface area contributed by atoms with Crippen LogP contribution < -0.4 is 10.2 Å². The maximum Gasteiger partial charge on any atom is 0.312 e. The minimum absolute atomic E-state index is 0.114. The van der Waals surface area contributed by atoms with Gasteiger partial charge in [0.2, 0.25) is 11.8 Å². The molecule has 0 aliphatic carbocycles. The molecule has 0 radical (unpaired) electrons. The first-order chi connectivity index (χ1) is 14.6. The average Bonchev–Trinajstić information content (AvgIpc) is 3.41. The molecule has 2 aliphatic rings. The lowest BCUT2D eigenvalue weighted by molar-refractivity contribution is -0.125. The van der Waals surface area contributed by atoms with Gasteiger partial charge in [-0.25, -0.2) is 0 Å². The van der Waals surface area contributed by atoms with Gasteiger partial charge in [0, 0.05) is 27.9 Å². The van der Waals surface area contributed by atoms with Crippen molar-refractivity contribution in [2.24, 2.45) is 5.92 Å². The highest BCUT2D eigenvalue weighted by atomic mass is 32.2. The zero-order valence-electron chi connectivity index (χ0n) is 15.5. The largest absolute Gasteiger partial charge is 0.361 e. The van der Waals surface area contributed by atoms with E-state index < -0.39 is 11.2 Å². The number of nitrogens with zero attached hydrogens (tertiary/aromatic N) is 1. The Morgan fingerprint density at radius 2 is 1.67 bits per heavy atom. The maximum atomic E-state index is 13.0. The molecule has 148 valence electrons. The van der Waals surface area contributed by atoms with Gasteiger partial charge >= 0.3 is 4.87 Å². The smallest absolute Gasteiger partial charge is 0.312 e. The van der Waals surface area contributed by atoms with Crippen molar-refractivity contribution < 1.29 is 9.59 Å². The molecule has 3 atom stereocenters. The molecule has 2 aliphatic heterocycles. The molecule has 0 saturated carbocycles. The van der Waals surface area contributed by atoms with Gasteiger partial charge in [-0.05, 0) is 23.8 Å². The fourth-order valence-electron chi connectivity index (χ4n) is 4.48. The van der Waals surface area contributed by atoms with E-state index in [1.165, 1.54) is 11.8 Å². The first-order valence-electron chi connectivity index (χ1n) is 9.52. The summed E-state index contributed by atoms with van der Waals surface area (Å²) in [5.41, 5.74) is 2.66. The van der Waals surface area contributed by atoms with Gasteiger partial charge in [-0.2, -0.15) is 0 Å². The van der Waals surface area contributed by atoms with E-state index >= 15 is 0 Å². The number of carbonyl (C=O) groups is 2. The number of imide groups is 1. The lowest BCUT2D eigenvalue weighted by Gasteiger charge is -2.30. The number of rotatable bonds is 2. The molecular formula is C22H15N3O3S2. The number of H-pyrrole nitrogens is 1. The van der Waals surface area contributed by atoms with Crippen molar-refractivity contribution in [1.29, 1.82) is 0 Å². The van der Waals surface area contributed by atoms with Crippen LogP contribution in [0.15, 0.2) is 70.6 Å². The number of nitrogens with one attached hydrogen (secondary N) is 2. The SMILES string of the molecule is O=C1NC(=O)C2C1Sc1c(sc(=O)n1-c1ccccc1)C2c1c[nH]c2ccccc12. The number of benzene rings is 2. The summed E-state index contributed by atoms with van der Waals surface area (Å²) in [6.45, 7) is 0. The summed E-state index contributed by atoms with van der Waals surface area (Å²) >= 11 is 2.48. The lowest BCUT2D eigenvalue weighted by Crippen LogP contribution is -2.31. The van der Waals surface area contributed by atoms with Crippen LogP contribution in [0.1, 0.15) is 16.4 Å². The minimum atomic E-state index is -0.562. The highest BCUT2D eigenvalue weighted by molar-refractivity contribution is 8.00. The van der Waals surface area contributed by atoms with E-state index in [1.54, 1.807) is 4.57 Å². The fraction of sp³-hybridized carbons (Fsp3) is 0.136. The molecule has 6 rings (SSSR count). The second-order valence-electron chi connectivity index (χ2n) is 7.39. The molecule has 2 amide bonds. The third-order valence-corrected chi connectivity index (χ3v) is 8.32. The fourth-order valence-corrected chi connectivity index (χ4v) is 7.24. The molecule has 3 unspecified atom stereocenters. The summed E-state index contributed by atoms with van der Waals surface area (Å²) in [5, 5.41) is 3.69. The number of thiazole rings is 1. The Kier molecular flexibility index (Phi) is 3.81. The second-order valence-corrected chi connectivity index (χ2v) is 9.52. The number of amides is 2. The summed E-state index contributed by atoms with van der Waals surface area (Å²) in [6.07, 6.45) is 1.90. The average molecular weight is 434 g/mol. The van der Waals surface area contributed by atoms with E-state index in [9.17, 15) is 14.4 Å². The zero-order valence-corrected chi connectivity index (χ0v) is 17.1. The van der Waals surface area contributed by atoms with Crippen molar-refractivity contribution in [3.05, 3.63) is 80.9 Å². The zero-order chi connectivity index (χ0) is 20.4. The summed E-state index contributed by atoms with van der Waals surface area (Å²) in [5.74, 6) is -1.47. The Morgan fingerprint density at radius 1 is 0.900 bits per heavy atom. The van der Waals surface area contributed by atoms with Crippen LogP contribution >= 0.6 is 23.1 Å². The molecule has 2 aromatic carbocycles. The van der Waals surface area contributed by atoms with Gasteiger partial charge in [-0.15, -0.1) is 0 Å². The van der Waals surface area contributed by atoms with Crippen molar-refractivity contribution in [2.75, 3.05) is 0 Å². The van der Waals surface area contributed by atoms with E-state index in [0.29, 0.717) is 0 Å². The molecule has 2 aromatic heterocycles. The summed E-state index contributed by atoms with van der Waals surface area (Å²) < 4.78 is 1.67. The first kappa shape index (κ1) is 17.7. The highest BCUT2D eigenvalue weighted by Crippen LogP contribution is 2.53. The van der Waals surface area contributed by atoms with Gasteiger partial charge in [0.15, 0.2) is 0 Å². The van der Waals surface area contributed by atoms with Gasteiger partial charge in [-0.3, -0.25) is 24.3 Å². The number of para-hydroxylation sites is 2. The normalized spacial score (nSPS) is 22.7. The summed E-state index contributed by atoms with van der Waals surface area (Å²) in [6, 6.07) is 17.3. The van der Waals surface area contributed by atoms with Crippen LogP contribution in [-0.4, -0.2) is 26.6 Å². The molecule has 1 fully saturated rings. The lowest BCUT2D eigenvalue weighted by atomic mass is 9.83. The van der Waals surface area contributed by atoms with Crippen molar-refractivity contribution in [3.8, 4) is 5.69 Å². The Bertz CT molecular complexity index is 1390. The van der Waals surface area contributed by atoms with Crippen molar-refractivity contribution in [1.82, 2.24) is 14.9 Å². The van der Waals surface area contributed by atoms with Gasteiger partial charge < -0.3 is 4.98 Å². The van der Waals surface area contributed by atoms with Crippen LogP contribution in [0.5, 0.6) is 0 Å². The van der Waals surface area contributed by atoms with Gasteiger partial charge in [0.1, 0.15) is 5.25 Å². The molecule has 4 heterocycles. The van der Waals surface area contributed by atoms with E-state index in [4.69, 9.17) is 0 Å². The number of fused-ring (bicyclic) bond motifs is 3. The molecular weight excluding hydrogens is 418 g/mol. The van der Waals surface area contributed by atoms with Gasteiger partial charge in [0.25, 0.3) is 0 Å². The van der Waals surface area contributed by atoms with Crippen LogP contribution in [0.25, 0.3) is 16.6 Å². The Labute approximate surface area is 178 Å². The van der Waals surface area contributed by atoms with Crippen molar-refractivity contribution in [2.45, 2.75) is 16.2 Å². The summed E-state index contributed by atoms with van der Waals surface area (Å²) in [7, 11) is 0. The highest BCUT2D eigenvalue weighted by Gasteiger charge is 2.53. The Morgan fingerprint density at radius 3 is 2.50 bits per heavy atom. The molecule has 4 aromatic rings. The predicted octanol–water partition coefficient (Wildman–Crippen LogP) is 3.26. The van der Waals surface area contributed by atoms with E-state index in [0.717, 1.165) is 43.4 Å². The third kappa shape index (κ3) is 2.41. The topological polar surface area (TPSA) is 84.0 Å². The Hall–Kier alpha value is -3.10. The number of aromatic nitrogens is 2. The third-order valence-electron chi connectivity index (χ3n) is 5.78.